The van der Waals surface area contributed by atoms with Crippen LogP contribution >= 0.6 is 12.2 Å². The van der Waals surface area contributed by atoms with E-state index in [-0.39, 0.29) is 37.4 Å². The maximum atomic E-state index is 11.8. The summed E-state index contributed by atoms with van der Waals surface area (Å²) >= 11 is 4.72. The van der Waals surface area contributed by atoms with Gasteiger partial charge in [-0.25, -0.2) is 0 Å². The number of hydrogen-bond donors (Lipinski definition) is 2. The lowest BCUT2D eigenvalue weighted by atomic mass is 10.3. The average molecular weight is 272 g/mol. The Bertz CT molecular complexity index is 369. The molecule has 8 heteroatoms. The fourth-order valence-electron chi connectivity index (χ4n) is 1.52. The summed E-state index contributed by atoms with van der Waals surface area (Å²) in [4.78, 5) is 37.4. The van der Waals surface area contributed by atoms with Gasteiger partial charge in [-0.3, -0.25) is 24.6 Å². The molecule has 1 aliphatic rings. The second-order valence-electron chi connectivity index (χ2n) is 4.15. The molecule has 0 aromatic carbocycles. The third-order valence-electron chi connectivity index (χ3n) is 2.49. The van der Waals surface area contributed by atoms with Crippen molar-refractivity contribution in [1.82, 2.24) is 15.1 Å². The van der Waals surface area contributed by atoms with Crippen LogP contribution in [0.3, 0.4) is 0 Å². The minimum atomic E-state index is -0.384. The third kappa shape index (κ3) is 4.76. The summed E-state index contributed by atoms with van der Waals surface area (Å²) in [6.07, 6.45) is 0.455. The number of nitrogens with zero attached hydrogens (tertiary/aromatic N) is 2. The predicted octanol–water partition coefficient (Wildman–Crippen LogP) is -1.92. The van der Waals surface area contributed by atoms with Gasteiger partial charge in [0.25, 0.3) is 0 Å². The summed E-state index contributed by atoms with van der Waals surface area (Å²) in [6, 6.07) is 0. The standard InChI is InChI=1S/C10H16N4O3S/c1-13(3-2-7(11)18)10(17)6-14-4-8(15)12-9(16)5-14/h2-6H2,1H3,(H2,11,18)(H,12,15,16). The fourth-order valence-corrected chi connectivity index (χ4v) is 1.61. The topological polar surface area (TPSA) is 95.7 Å². The van der Waals surface area contributed by atoms with Crippen LogP contribution in [-0.4, -0.2) is 65.7 Å². The number of likely N-dealkylation sites (N-methyl/N-ethyl adjacent to an activating group) is 1. The smallest absolute Gasteiger partial charge is 0.240 e. The van der Waals surface area contributed by atoms with Crippen LogP contribution in [0, 0.1) is 0 Å². The van der Waals surface area contributed by atoms with Crippen molar-refractivity contribution in [1.29, 1.82) is 0 Å². The van der Waals surface area contributed by atoms with Crippen LogP contribution in [0.5, 0.6) is 0 Å². The number of thiocarbonyl (C=S) groups is 1. The highest BCUT2D eigenvalue weighted by Gasteiger charge is 2.24. The maximum absolute atomic E-state index is 11.8. The number of piperazine rings is 1. The number of amides is 3. The van der Waals surface area contributed by atoms with Gasteiger partial charge in [0.1, 0.15) is 0 Å². The number of imide groups is 1. The van der Waals surface area contributed by atoms with Gasteiger partial charge in [0.05, 0.1) is 24.6 Å². The van der Waals surface area contributed by atoms with Crippen LogP contribution < -0.4 is 11.1 Å². The molecule has 0 aromatic heterocycles. The van der Waals surface area contributed by atoms with Gasteiger partial charge in [0.15, 0.2) is 0 Å². The molecule has 0 aromatic rings. The first-order valence-electron chi connectivity index (χ1n) is 5.46. The Balaban J connectivity index is 2.41. The molecule has 0 unspecified atom stereocenters. The number of nitrogens with one attached hydrogen (secondary N) is 1. The van der Waals surface area contributed by atoms with Crippen LogP contribution in [0.4, 0.5) is 0 Å². The predicted molar refractivity (Wildman–Crippen MR) is 68.6 cm³/mol. The van der Waals surface area contributed by atoms with E-state index in [0.29, 0.717) is 18.0 Å². The van der Waals surface area contributed by atoms with Crippen LogP contribution in [-0.2, 0) is 14.4 Å². The van der Waals surface area contributed by atoms with E-state index in [4.69, 9.17) is 18.0 Å². The zero-order valence-electron chi connectivity index (χ0n) is 10.1. The molecule has 1 heterocycles. The normalized spacial score (nSPS) is 16.3. The summed E-state index contributed by atoms with van der Waals surface area (Å²) in [5, 5.41) is 2.17. The fraction of sp³-hybridized carbons (Fsp3) is 0.600. The number of carbonyl (C=O) groups is 3. The first kappa shape index (κ1) is 14.5. The Hall–Kier alpha value is -1.54. The monoisotopic (exact) mass is 272 g/mol. The quantitative estimate of drug-likeness (QED) is 0.447. The second kappa shape index (κ2) is 6.41. The molecule has 0 saturated carbocycles. The van der Waals surface area contributed by atoms with Crippen molar-refractivity contribution in [3.63, 3.8) is 0 Å². The molecule has 0 atom stereocenters. The minimum Gasteiger partial charge on any atom is -0.393 e. The molecule has 100 valence electrons. The first-order valence-corrected chi connectivity index (χ1v) is 5.86. The van der Waals surface area contributed by atoms with Gasteiger partial charge in [0.2, 0.25) is 17.7 Å². The van der Waals surface area contributed by atoms with Crippen molar-refractivity contribution >= 4 is 34.9 Å². The van der Waals surface area contributed by atoms with E-state index in [0.717, 1.165) is 0 Å². The molecule has 0 aliphatic carbocycles. The van der Waals surface area contributed by atoms with E-state index in [9.17, 15) is 14.4 Å². The molecule has 1 rings (SSSR count). The van der Waals surface area contributed by atoms with E-state index in [1.54, 1.807) is 7.05 Å². The summed E-state index contributed by atoms with van der Waals surface area (Å²) < 4.78 is 0. The molecule has 0 radical (unpaired) electrons. The molecule has 3 N–H and O–H groups in total. The lowest BCUT2D eigenvalue weighted by Gasteiger charge is -2.26. The van der Waals surface area contributed by atoms with Crippen molar-refractivity contribution < 1.29 is 14.4 Å². The van der Waals surface area contributed by atoms with E-state index in [1.165, 1.54) is 9.80 Å². The molecular weight excluding hydrogens is 256 g/mol. The Morgan fingerprint density at radius 2 is 2.00 bits per heavy atom. The second-order valence-corrected chi connectivity index (χ2v) is 4.67. The molecular formula is C10H16N4O3S. The third-order valence-corrected chi connectivity index (χ3v) is 2.70. The molecule has 1 aliphatic heterocycles. The molecule has 3 amide bonds. The van der Waals surface area contributed by atoms with Crippen molar-refractivity contribution in [2.75, 3.05) is 33.2 Å². The highest BCUT2D eigenvalue weighted by molar-refractivity contribution is 7.80. The summed E-state index contributed by atoms with van der Waals surface area (Å²) in [5.74, 6) is -0.941. The lowest BCUT2D eigenvalue weighted by Crippen LogP contribution is -2.53. The molecule has 1 fully saturated rings. The summed E-state index contributed by atoms with van der Waals surface area (Å²) in [5.41, 5.74) is 5.35. The molecule has 0 bridgehead atoms. The Kier molecular flexibility index (Phi) is 5.17. The minimum absolute atomic E-state index is 0.0347. The van der Waals surface area contributed by atoms with E-state index < -0.39 is 0 Å². The number of carbonyl (C=O) groups excluding carboxylic acids is 3. The zero-order valence-corrected chi connectivity index (χ0v) is 11.0. The van der Waals surface area contributed by atoms with Gasteiger partial charge in [0, 0.05) is 20.0 Å². The SMILES string of the molecule is CN(CCC(N)=S)C(=O)CN1CC(=O)NC(=O)C1. The summed E-state index contributed by atoms with van der Waals surface area (Å²) in [7, 11) is 1.63. The molecule has 0 spiro atoms. The lowest BCUT2D eigenvalue weighted by molar-refractivity contribution is -0.138. The Morgan fingerprint density at radius 3 is 2.50 bits per heavy atom. The van der Waals surface area contributed by atoms with Crippen LogP contribution in [0.25, 0.3) is 0 Å². The Labute approximate surface area is 110 Å². The first-order chi connectivity index (χ1) is 8.38. The van der Waals surface area contributed by atoms with Crippen molar-refractivity contribution in [2.24, 2.45) is 5.73 Å². The van der Waals surface area contributed by atoms with E-state index in [1.807, 2.05) is 0 Å². The van der Waals surface area contributed by atoms with Crippen molar-refractivity contribution in [2.45, 2.75) is 6.42 Å². The Morgan fingerprint density at radius 1 is 1.44 bits per heavy atom. The average Bonchev–Trinajstić information content (AvgIpc) is 2.24. The van der Waals surface area contributed by atoms with Crippen LogP contribution in [0.1, 0.15) is 6.42 Å². The van der Waals surface area contributed by atoms with Crippen molar-refractivity contribution in [3.8, 4) is 0 Å². The van der Waals surface area contributed by atoms with Crippen LogP contribution in [0.2, 0.25) is 0 Å². The van der Waals surface area contributed by atoms with E-state index >= 15 is 0 Å². The van der Waals surface area contributed by atoms with Gasteiger partial charge in [-0.15, -0.1) is 0 Å². The molecule has 18 heavy (non-hydrogen) atoms. The van der Waals surface area contributed by atoms with Gasteiger partial charge in [-0.05, 0) is 0 Å². The number of hydrogen-bond acceptors (Lipinski definition) is 5. The number of nitrogens with two attached hydrogens (primary N) is 1. The van der Waals surface area contributed by atoms with E-state index in [2.05, 4.69) is 5.32 Å². The van der Waals surface area contributed by atoms with Crippen molar-refractivity contribution in [3.05, 3.63) is 0 Å². The number of rotatable bonds is 5. The van der Waals surface area contributed by atoms with Gasteiger partial charge in [-0.2, -0.15) is 0 Å². The zero-order chi connectivity index (χ0) is 13.7. The molecule has 1 saturated heterocycles. The maximum Gasteiger partial charge on any atom is 0.240 e. The highest BCUT2D eigenvalue weighted by Crippen LogP contribution is 1.97. The van der Waals surface area contributed by atoms with Gasteiger partial charge in [-0.1, -0.05) is 12.2 Å². The van der Waals surface area contributed by atoms with Gasteiger partial charge < -0.3 is 10.6 Å². The molecule has 7 nitrogen and oxygen atoms in total. The summed E-state index contributed by atoms with van der Waals surface area (Å²) in [6.45, 7) is 0.580. The largest absolute Gasteiger partial charge is 0.393 e. The highest BCUT2D eigenvalue weighted by atomic mass is 32.1. The van der Waals surface area contributed by atoms with Gasteiger partial charge >= 0.3 is 0 Å². The van der Waals surface area contributed by atoms with Crippen LogP contribution in [0.15, 0.2) is 0 Å².